The molecule has 4 heteroatoms. The Labute approximate surface area is 310 Å². The van der Waals surface area contributed by atoms with E-state index in [4.69, 9.17) is 17.0 Å². The average molecular weight is 767 g/mol. The first kappa shape index (κ1) is 37.0. The molecule has 2 aliphatic rings. The molecule has 6 aromatic carbocycles. The Balaban J connectivity index is 0.000000136. The standard InChI is InChI=1S/2C16H13.C12H22Si.2ClH.Zr/c2*1-12-10-14-8-5-9-15(16(14)11-12)13-6-3-2-4-7-13;1-3-7-11(8-4-1)13-12-9-5-2-6-10-12;;;/h2*2-11H,1H3;11-12H,1-10H2;2*1H;/q2*-1;;;;+4/p-2. The summed E-state index contributed by atoms with van der Waals surface area (Å²) in [6.07, 6.45) is 15.4. The summed E-state index contributed by atoms with van der Waals surface area (Å²) in [5.41, 5.74) is 10.2. The minimum atomic E-state index is -0.826. The van der Waals surface area contributed by atoms with Gasteiger partial charge in [-0.05, 0) is 22.2 Å². The third-order valence-electron chi connectivity index (χ3n) is 9.64. The van der Waals surface area contributed by atoms with Crippen LogP contribution in [-0.4, -0.2) is 9.52 Å². The second-order valence-corrected chi connectivity index (χ2v) is 19.0. The molecule has 8 rings (SSSR count). The van der Waals surface area contributed by atoms with Gasteiger partial charge < -0.3 is 0 Å². The fraction of sp³-hybridized carbons (Fsp3) is 0.318. The predicted molar refractivity (Wildman–Crippen MR) is 211 cm³/mol. The van der Waals surface area contributed by atoms with Crippen LogP contribution in [0.4, 0.5) is 0 Å². The van der Waals surface area contributed by atoms with Gasteiger partial charge in [-0.1, -0.05) is 162 Å². The normalized spacial score (nSPS) is 14.9. The maximum absolute atomic E-state index is 4.93. The Bertz CT molecular complexity index is 1650. The molecule has 0 amide bonds. The Morgan fingerprint density at radius 1 is 0.521 bits per heavy atom. The molecule has 0 spiro atoms. The summed E-state index contributed by atoms with van der Waals surface area (Å²) >= 11 is -0.826. The van der Waals surface area contributed by atoms with Gasteiger partial charge in [-0.25, -0.2) is 0 Å². The molecular weight excluding hydrogens is 719 g/mol. The summed E-state index contributed by atoms with van der Waals surface area (Å²) in [6.45, 7) is 4.30. The predicted octanol–water partition coefficient (Wildman–Crippen LogP) is 14.6. The average Bonchev–Trinajstić information content (AvgIpc) is 3.71. The number of fused-ring (bicyclic) bond motifs is 2. The second-order valence-electron chi connectivity index (χ2n) is 13.3. The molecule has 246 valence electrons. The first-order valence-corrected chi connectivity index (χ1v) is 25.2. The molecule has 0 atom stereocenters. The summed E-state index contributed by atoms with van der Waals surface area (Å²) in [5, 5.41) is 5.37. The monoisotopic (exact) mass is 764 g/mol. The van der Waals surface area contributed by atoms with E-state index in [1.807, 2.05) is 0 Å². The van der Waals surface area contributed by atoms with Gasteiger partial charge in [0.05, 0.1) is 0 Å². The van der Waals surface area contributed by atoms with Crippen LogP contribution in [0.2, 0.25) is 11.1 Å². The molecular formula is C44H48Cl2SiZr. The number of halogens is 2. The molecule has 2 fully saturated rings. The van der Waals surface area contributed by atoms with Crippen LogP contribution in [0.25, 0.3) is 43.8 Å². The summed E-state index contributed by atoms with van der Waals surface area (Å²) in [5.74, 6) is 0. The van der Waals surface area contributed by atoms with E-state index in [9.17, 15) is 0 Å². The van der Waals surface area contributed by atoms with E-state index in [1.165, 1.54) is 103 Å². The molecule has 2 saturated carbocycles. The van der Waals surface area contributed by atoms with E-state index in [2.05, 4.69) is 135 Å². The molecule has 2 radical (unpaired) electrons. The van der Waals surface area contributed by atoms with Crippen molar-refractivity contribution in [1.82, 2.24) is 0 Å². The van der Waals surface area contributed by atoms with Crippen LogP contribution in [0.3, 0.4) is 0 Å². The van der Waals surface area contributed by atoms with Gasteiger partial charge in [0.15, 0.2) is 0 Å². The van der Waals surface area contributed by atoms with Gasteiger partial charge in [0.1, 0.15) is 0 Å². The van der Waals surface area contributed by atoms with E-state index < -0.39 is 20.8 Å². The van der Waals surface area contributed by atoms with Crippen molar-refractivity contribution in [2.24, 2.45) is 0 Å². The van der Waals surface area contributed by atoms with E-state index in [1.54, 1.807) is 25.7 Å². The zero-order chi connectivity index (χ0) is 33.6. The molecule has 0 nitrogen and oxygen atoms in total. The van der Waals surface area contributed by atoms with Gasteiger partial charge in [-0.15, -0.1) is 69.1 Å². The SMILES string of the molecule is C1CCC([Si]C2CCCCC2)CC1.Cc1cc2c(-c3ccccc3)cccc2[cH-]1.Cc1cc2c(-c3ccccc3)cccc2[cH-]1.[Cl][Zr+2][Cl]. The van der Waals surface area contributed by atoms with E-state index in [0.717, 1.165) is 11.1 Å². The first-order valence-electron chi connectivity index (χ1n) is 17.7. The second kappa shape index (κ2) is 19.8. The maximum atomic E-state index is 4.93. The van der Waals surface area contributed by atoms with Crippen LogP contribution in [0.15, 0.2) is 121 Å². The van der Waals surface area contributed by atoms with E-state index in [-0.39, 0.29) is 0 Å². The molecule has 0 aromatic heterocycles. The molecule has 2 aliphatic carbocycles. The van der Waals surface area contributed by atoms with Crippen molar-refractivity contribution >= 4 is 48.1 Å². The molecule has 0 unspecified atom stereocenters. The van der Waals surface area contributed by atoms with Crippen LogP contribution < -0.4 is 0 Å². The third-order valence-corrected chi connectivity index (χ3v) is 11.7. The van der Waals surface area contributed by atoms with Crippen LogP contribution in [-0.2, 0) is 20.8 Å². The molecule has 48 heavy (non-hydrogen) atoms. The summed E-state index contributed by atoms with van der Waals surface area (Å²) < 4.78 is 0. The van der Waals surface area contributed by atoms with Crippen LogP contribution in [0.5, 0.6) is 0 Å². The fourth-order valence-electron chi connectivity index (χ4n) is 7.38. The summed E-state index contributed by atoms with van der Waals surface area (Å²) in [7, 11) is 11.2. The number of aryl methyl sites for hydroxylation is 2. The number of hydrogen-bond donors (Lipinski definition) is 0. The van der Waals surface area contributed by atoms with Gasteiger partial charge in [0.2, 0.25) is 0 Å². The van der Waals surface area contributed by atoms with Gasteiger partial charge in [-0.3, -0.25) is 0 Å². The number of rotatable bonds is 4. The van der Waals surface area contributed by atoms with Gasteiger partial charge >= 0.3 is 37.9 Å². The zero-order valence-corrected chi connectivity index (χ0v) is 33.5. The van der Waals surface area contributed by atoms with Gasteiger partial charge in [0, 0.05) is 9.52 Å². The molecule has 0 saturated heterocycles. The van der Waals surface area contributed by atoms with Crippen LogP contribution >= 0.6 is 17.0 Å². The summed E-state index contributed by atoms with van der Waals surface area (Å²) in [6, 6.07) is 43.1. The van der Waals surface area contributed by atoms with Crippen molar-refractivity contribution in [2.75, 3.05) is 0 Å². The minimum absolute atomic E-state index is 0.826. The molecule has 0 aliphatic heterocycles. The number of hydrogen-bond acceptors (Lipinski definition) is 0. The summed E-state index contributed by atoms with van der Waals surface area (Å²) in [4.78, 5) is 0. The van der Waals surface area contributed by atoms with Gasteiger partial charge in [-0.2, -0.15) is 12.1 Å². The van der Waals surface area contributed by atoms with Gasteiger partial charge in [0.25, 0.3) is 0 Å². The Kier molecular flexibility index (Phi) is 15.3. The third kappa shape index (κ3) is 10.9. The van der Waals surface area contributed by atoms with Crippen molar-refractivity contribution in [3.05, 3.63) is 132 Å². The zero-order valence-electron chi connectivity index (χ0n) is 28.5. The Hall–Kier alpha value is -2.22. The van der Waals surface area contributed by atoms with E-state index >= 15 is 0 Å². The molecule has 0 bridgehead atoms. The molecule has 6 aromatic rings. The van der Waals surface area contributed by atoms with Crippen molar-refractivity contribution in [1.29, 1.82) is 0 Å². The van der Waals surface area contributed by atoms with Crippen molar-refractivity contribution in [3.8, 4) is 22.3 Å². The quantitative estimate of drug-likeness (QED) is 0.124. The van der Waals surface area contributed by atoms with Crippen molar-refractivity contribution in [2.45, 2.75) is 89.1 Å². The topological polar surface area (TPSA) is 0 Å². The Morgan fingerprint density at radius 2 is 0.896 bits per heavy atom. The fourth-order valence-corrected chi connectivity index (χ4v) is 9.53. The van der Waals surface area contributed by atoms with Crippen molar-refractivity contribution < 1.29 is 20.8 Å². The van der Waals surface area contributed by atoms with Crippen molar-refractivity contribution in [3.63, 3.8) is 0 Å². The Morgan fingerprint density at radius 3 is 1.27 bits per heavy atom. The molecule has 0 N–H and O–H groups in total. The molecule has 0 heterocycles. The van der Waals surface area contributed by atoms with Crippen LogP contribution in [0, 0.1) is 13.8 Å². The van der Waals surface area contributed by atoms with E-state index in [0.29, 0.717) is 0 Å². The van der Waals surface area contributed by atoms with Crippen LogP contribution in [0.1, 0.15) is 75.3 Å². The first-order chi connectivity index (χ1) is 23.6. The number of benzene rings is 4.